The predicted molar refractivity (Wildman–Crippen MR) is 93.5 cm³/mol. The van der Waals surface area contributed by atoms with Gasteiger partial charge < -0.3 is 14.8 Å². The lowest BCUT2D eigenvalue weighted by atomic mass is 9.96. The number of aromatic nitrogens is 1. The average Bonchev–Trinajstić information content (AvgIpc) is 2.96. The number of alkyl halides is 2. The van der Waals surface area contributed by atoms with Crippen LogP contribution in [0.4, 0.5) is 14.5 Å². The van der Waals surface area contributed by atoms with Crippen molar-refractivity contribution in [1.29, 1.82) is 0 Å². The molecule has 3 heterocycles. The summed E-state index contributed by atoms with van der Waals surface area (Å²) in [5.41, 5.74) is 1.51. The molecule has 0 spiro atoms. The van der Waals surface area contributed by atoms with E-state index in [2.05, 4.69) is 24.7 Å². The van der Waals surface area contributed by atoms with E-state index in [1.54, 1.807) is 6.20 Å². The minimum atomic E-state index is -3.67. The zero-order chi connectivity index (χ0) is 18.9. The topological polar surface area (TPSA) is 63.7 Å². The van der Waals surface area contributed by atoms with Crippen LogP contribution in [0.1, 0.15) is 18.4 Å². The second kappa shape index (κ2) is 7.11. The molecule has 2 aliphatic rings. The van der Waals surface area contributed by atoms with Crippen LogP contribution in [0.15, 0.2) is 42.7 Å². The number of carbonyl (C=O) groups excluding carboxylic acids is 1. The Kier molecular flexibility index (Phi) is 4.65. The molecule has 0 bridgehead atoms. The molecular formula is C19H19F2N3O3. The fraction of sp³-hybridized carbons (Fsp3) is 0.368. The molecule has 1 N–H and O–H groups in total. The minimum absolute atomic E-state index is 0.0432. The smallest absolute Gasteiger partial charge is 0.395 e. The number of hydrogen-bond acceptors (Lipinski definition) is 5. The van der Waals surface area contributed by atoms with E-state index in [0.717, 1.165) is 31.5 Å². The summed E-state index contributed by atoms with van der Waals surface area (Å²) in [7, 11) is 0. The Balaban J connectivity index is 1.37. The number of nitrogens with one attached hydrogen (secondary N) is 1. The zero-order valence-electron chi connectivity index (χ0n) is 14.5. The number of hydrogen-bond donors (Lipinski definition) is 1. The number of amides is 1. The van der Waals surface area contributed by atoms with Crippen molar-refractivity contribution in [3.63, 3.8) is 0 Å². The van der Waals surface area contributed by atoms with Crippen LogP contribution in [-0.2, 0) is 11.3 Å². The lowest BCUT2D eigenvalue weighted by Gasteiger charge is -2.31. The Morgan fingerprint density at radius 3 is 2.96 bits per heavy atom. The number of anilines is 1. The van der Waals surface area contributed by atoms with E-state index >= 15 is 0 Å². The predicted octanol–water partition coefficient (Wildman–Crippen LogP) is 3.25. The third kappa shape index (κ3) is 4.16. The highest BCUT2D eigenvalue weighted by Crippen LogP contribution is 2.42. The zero-order valence-corrected chi connectivity index (χ0v) is 14.5. The summed E-state index contributed by atoms with van der Waals surface area (Å²) < 4.78 is 35.0. The second-order valence-electron chi connectivity index (χ2n) is 6.75. The highest BCUT2D eigenvalue weighted by Gasteiger charge is 2.43. The summed E-state index contributed by atoms with van der Waals surface area (Å²) in [6.45, 7) is 2.32. The number of pyridine rings is 1. The van der Waals surface area contributed by atoms with Gasteiger partial charge in [-0.3, -0.25) is 14.7 Å². The molecule has 4 rings (SSSR count). The first-order valence-corrected chi connectivity index (χ1v) is 8.80. The van der Waals surface area contributed by atoms with Gasteiger partial charge in [0.2, 0.25) is 5.91 Å². The van der Waals surface area contributed by atoms with Crippen LogP contribution in [-0.4, -0.2) is 35.2 Å². The minimum Gasteiger partial charge on any atom is -0.395 e. The normalized spacial score (nSPS) is 21.0. The summed E-state index contributed by atoms with van der Waals surface area (Å²) in [6.07, 6.45) is 1.61. The number of likely N-dealkylation sites (tertiary alicyclic amines) is 1. The third-order valence-corrected chi connectivity index (χ3v) is 4.67. The lowest BCUT2D eigenvalue weighted by Crippen LogP contribution is -2.40. The van der Waals surface area contributed by atoms with Crippen LogP contribution >= 0.6 is 0 Å². The van der Waals surface area contributed by atoms with Crippen molar-refractivity contribution in [2.45, 2.75) is 25.7 Å². The van der Waals surface area contributed by atoms with Crippen LogP contribution in [0.3, 0.4) is 0 Å². The molecule has 27 heavy (non-hydrogen) atoms. The molecule has 1 saturated heterocycles. The maximum atomic E-state index is 13.1. The molecular weight excluding hydrogens is 356 g/mol. The Bertz CT molecular complexity index is 832. The van der Waals surface area contributed by atoms with E-state index in [9.17, 15) is 13.6 Å². The van der Waals surface area contributed by atoms with Gasteiger partial charge in [0, 0.05) is 37.2 Å². The SMILES string of the molecule is O=C(Nc1ccc2c(c1)OC(F)(F)O2)[C@H]1CCCN(Cc2cccnc2)C1. The monoisotopic (exact) mass is 375 g/mol. The van der Waals surface area contributed by atoms with Crippen LogP contribution in [0.5, 0.6) is 11.5 Å². The van der Waals surface area contributed by atoms with Gasteiger partial charge in [0.25, 0.3) is 0 Å². The number of ether oxygens (including phenoxy) is 2. The van der Waals surface area contributed by atoms with Crippen molar-refractivity contribution in [1.82, 2.24) is 9.88 Å². The molecule has 8 heteroatoms. The van der Waals surface area contributed by atoms with Crippen molar-refractivity contribution in [2.75, 3.05) is 18.4 Å². The van der Waals surface area contributed by atoms with E-state index in [1.165, 1.54) is 18.2 Å². The molecule has 0 radical (unpaired) electrons. The molecule has 142 valence electrons. The van der Waals surface area contributed by atoms with Gasteiger partial charge in [-0.05, 0) is 43.1 Å². The van der Waals surface area contributed by atoms with Crippen molar-refractivity contribution in [3.8, 4) is 11.5 Å². The Morgan fingerprint density at radius 1 is 1.30 bits per heavy atom. The quantitative estimate of drug-likeness (QED) is 0.889. The van der Waals surface area contributed by atoms with E-state index in [-0.39, 0.29) is 23.3 Å². The van der Waals surface area contributed by atoms with Gasteiger partial charge in [-0.15, -0.1) is 8.78 Å². The van der Waals surface area contributed by atoms with E-state index in [0.29, 0.717) is 12.2 Å². The molecule has 0 unspecified atom stereocenters. The highest BCUT2D eigenvalue weighted by atomic mass is 19.3. The summed E-state index contributed by atoms with van der Waals surface area (Å²) in [5.74, 6) is -0.420. The second-order valence-corrected chi connectivity index (χ2v) is 6.75. The summed E-state index contributed by atoms with van der Waals surface area (Å²) in [5, 5.41) is 2.79. The Hall–Kier alpha value is -2.74. The molecule has 0 aliphatic carbocycles. The van der Waals surface area contributed by atoms with E-state index in [1.807, 2.05) is 18.3 Å². The van der Waals surface area contributed by atoms with Crippen LogP contribution in [0.25, 0.3) is 0 Å². The standard InChI is InChI=1S/C19H19F2N3O3/c20-19(21)26-16-6-5-15(9-17(16)27-19)23-18(25)14-4-2-8-24(12-14)11-13-3-1-7-22-10-13/h1,3,5-7,9-10,14H,2,4,8,11-12H2,(H,23,25)/t14-/m0/s1. The third-order valence-electron chi connectivity index (χ3n) is 4.67. The van der Waals surface area contributed by atoms with Gasteiger partial charge in [-0.25, -0.2) is 0 Å². The summed E-state index contributed by atoms with van der Waals surface area (Å²) >= 11 is 0. The molecule has 1 fully saturated rings. The maximum absolute atomic E-state index is 13.1. The molecule has 2 aliphatic heterocycles. The van der Waals surface area contributed by atoms with Crippen molar-refractivity contribution in [2.24, 2.45) is 5.92 Å². The van der Waals surface area contributed by atoms with Crippen LogP contribution < -0.4 is 14.8 Å². The molecule has 1 aromatic carbocycles. The number of nitrogens with zero attached hydrogens (tertiary/aromatic N) is 2. The van der Waals surface area contributed by atoms with Crippen molar-refractivity contribution >= 4 is 11.6 Å². The molecule has 6 nitrogen and oxygen atoms in total. The van der Waals surface area contributed by atoms with E-state index < -0.39 is 6.29 Å². The fourth-order valence-electron chi connectivity index (χ4n) is 3.43. The van der Waals surface area contributed by atoms with Crippen LogP contribution in [0, 0.1) is 5.92 Å². The van der Waals surface area contributed by atoms with Gasteiger partial charge in [-0.2, -0.15) is 0 Å². The molecule has 2 aromatic rings. The largest absolute Gasteiger partial charge is 0.586 e. The molecule has 1 atom stereocenters. The van der Waals surface area contributed by atoms with Gasteiger partial charge in [-0.1, -0.05) is 6.07 Å². The average molecular weight is 375 g/mol. The molecule has 1 aromatic heterocycles. The van der Waals surface area contributed by atoms with Gasteiger partial charge in [0.15, 0.2) is 11.5 Å². The first-order chi connectivity index (χ1) is 13.0. The lowest BCUT2D eigenvalue weighted by molar-refractivity contribution is -0.286. The van der Waals surface area contributed by atoms with E-state index in [4.69, 9.17) is 0 Å². The first-order valence-electron chi connectivity index (χ1n) is 8.80. The summed E-state index contributed by atoms with van der Waals surface area (Å²) in [6, 6.07) is 8.15. The number of carbonyl (C=O) groups is 1. The Labute approximate surface area is 155 Å². The van der Waals surface area contributed by atoms with Crippen molar-refractivity contribution in [3.05, 3.63) is 48.3 Å². The number of rotatable bonds is 4. The molecule has 1 amide bonds. The summed E-state index contributed by atoms with van der Waals surface area (Å²) in [4.78, 5) is 19.0. The van der Waals surface area contributed by atoms with Crippen LogP contribution in [0.2, 0.25) is 0 Å². The highest BCUT2D eigenvalue weighted by molar-refractivity contribution is 5.93. The van der Waals surface area contributed by atoms with Gasteiger partial charge in [0.1, 0.15) is 0 Å². The van der Waals surface area contributed by atoms with Gasteiger partial charge in [0.05, 0.1) is 5.92 Å². The molecule has 0 saturated carbocycles. The fourth-order valence-corrected chi connectivity index (χ4v) is 3.43. The first kappa shape index (κ1) is 17.7. The maximum Gasteiger partial charge on any atom is 0.586 e. The van der Waals surface area contributed by atoms with Gasteiger partial charge >= 0.3 is 6.29 Å². The Morgan fingerprint density at radius 2 is 2.15 bits per heavy atom. The van der Waals surface area contributed by atoms with Crippen molar-refractivity contribution < 1.29 is 23.0 Å². The number of benzene rings is 1. The number of piperidine rings is 1. The number of fused-ring (bicyclic) bond motifs is 1. The number of halogens is 2.